The Morgan fingerprint density at radius 2 is 2.18 bits per heavy atom. The Hall–Kier alpha value is -1.65. The van der Waals surface area contributed by atoms with E-state index in [1.54, 1.807) is 0 Å². The van der Waals surface area contributed by atoms with Crippen LogP contribution in [0.3, 0.4) is 0 Å². The average molecular weight is 241 g/mol. The first kappa shape index (κ1) is 11.8. The second-order valence-corrected chi connectivity index (χ2v) is 4.06. The molecular weight excluding hydrogens is 228 g/mol. The molecule has 1 aromatic carbocycles. The van der Waals surface area contributed by atoms with E-state index in [1.165, 1.54) is 12.1 Å². The summed E-state index contributed by atoms with van der Waals surface area (Å²) in [6.45, 7) is -0.0124. The zero-order valence-corrected chi connectivity index (χ0v) is 9.20. The van der Waals surface area contributed by atoms with Crippen molar-refractivity contribution in [3.05, 3.63) is 29.8 Å². The Morgan fingerprint density at radius 1 is 1.41 bits per heavy atom. The van der Waals surface area contributed by atoms with E-state index in [1.807, 2.05) is 0 Å². The summed E-state index contributed by atoms with van der Waals surface area (Å²) >= 11 is 0. The summed E-state index contributed by atoms with van der Waals surface area (Å²) in [5, 5.41) is 12.0. The highest BCUT2D eigenvalue weighted by Gasteiger charge is 2.24. The number of halogens is 2. The number of nitrogens with zero attached hydrogens (tertiary/aromatic N) is 1. The van der Waals surface area contributed by atoms with Gasteiger partial charge in [0.05, 0.1) is 5.71 Å². The van der Waals surface area contributed by atoms with Crippen molar-refractivity contribution in [2.24, 2.45) is 11.1 Å². The minimum Gasteiger partial charge on any atom is -0.484 e. The summed E-state index contributed by atoms with van der Waals surface area (Å²) in [5.74, 6) is -1.92. The maximum atomic E-state index is 13.3. The lowest BCUT2D eigenvalue weighted by Gasteiger charge is -2.25. The van der Waals surface area contributed by atoms with Gasteiger partial charge in [-0.3, -0.25) is 0 Å². The summed E-state index contributed by atoms with van der Waals surface area (Å²) in [4.78, 5) is 0. The zero-order valence-electron chi connectivity index (χ0n) is 9.20. The highest BCUT2D eigenvalue weighted by molar-refractivity contribution is 5.88. The molecular formula is C12H13F2NO2. The fourth-order valence-electron chi connectivity index (χ4n) is 1.72. The number of benzene rings is 1. The second-order valence-electron chi connectivity index (χ2n) is 4.06. The molecule has 1 N–H and O–H groups in total. The Bertz CT molecular complexity index is 431. The summed E-state index contributed by atoms with van der Waals surface area (Å²) in [6.07, 6.45) is 3.00. The molecule has 0 spiro atoms. The Morgan fingerprint density at radius 3 is 2.76 bits per heavy atom. The van der Waals surface area contributed by atoms with Crippen LogP contribution in [0.5, 0.6) is 5.75 Å². The predicted molar refractivity (Wildman–Crippen MR) is 58.4 cm³/mol. The van der Waals surface area contributed by atoms with Gasteiger partial charge in [0.25, 0.3) is 0 Å². The quantitative estimate of drug-likeness (QED) is 0.500. The molecule has 3 nitrogen and oxygen atoms in total. The first-order chi connectivity index (χ1) is 8.22. The van der Waals surface area contributed by atoms with E-state index in [9.17, 15) is 8.78 Å². The topological polar surface area (TPSA) is 41.8 Å². The van der Waals surface area contributed by atoms with Crippen molar-refractivity contribution in [3.63, 3.8) is 0 Å². The maximum absolute atomic E-state index is 13.3. The van der Waals surface area contributed by atoms with Gasteiger partial charge in [-0.2, -0.15) is 4.39 Å². The van der Waals surface area contributed by atoms with Gasteiger partial charge in [-0.05, 0) is 25.0 Å². The minimum absolute atomic E-state index is 0.0124. The molecule has 1 fully saturated rings. The molecule has 0 unspecified atom stereocenters. The van der Waals surface area contributed by atoms with Gasteiger partial charge in [0.15, 0.2) is 11.6 Å². The van der Waals surface area contributed by atoms with Crippen molar-refractivity contribution in [1.82, 2.24) is 0 Å². The third-order valence-electron chi connectivity index (χ3n) is 3.00. The van der Waals surface area contributed by atoms with E-state index in [0.717, 1.165) is 25.3 Å². The average Bonchev–Trinajstić information content (AvgIpc) is 2.26. The van der Waals surface area contributed by atoms with Crippen molar-refractivity contribution >= 4 is 5.71 Å². The van der Waals surface area contributed by atoms with Crippen LogP contribution in [0.2, 0.25) is 0 Å². The number of hydrogen-bond acceptors (Lipinski definition) is 3. The molecule has 0 heterocycles. The molecule has 2 rings (SSSR count). The van der Waals surface area contributed by atoms with Gasteiger partial charge >= 0.3 is 0 Å². The molecule has 1 aliphatic rings. The van der Waals surface area contributed by atoms with Crippen LogP contribution in [-0.4, -0.2) is 17.5 Å². The highest BCUT2D eigenvalue weighted by Crippen LogP contribution is 2.28. The summed E-state index contributed by atoms with van der Waals surface area (Å²) in [7, 11) is 0. The minimum atomic E-state index is -1.02. The Kier molecular flexibility index (Phi) is 3.56. The SMILES string of the molecule is O/N=C(\COc1cccc(F)c1F)C1CCC1. The van der Waals surface area contributed by atoms with Crippen molar-refractivity contribution in [2.75, 3.05) is 6.61 Å². The van der Waals surface area contributed by atoms with Gasteiger partial charge in [0, 0.05) is 5.92 Å². The van der Waals surface area contributed by atoms with Gasteiger partial charge in [-0.15, -0.1) is 0 Å². The van der Waals surface area contributed by atoms with Gasteiger partial charge in [0.2, 0.25) is 5.82 Å². The lowest BCUT2D eigenvalue weighted by molar-refractivity contribution is 0.281. The molecule has 0 aliphatic heterocycles. The van der Waals surface area contributed by atoms with Crippen LogP contribution in [0.1, 0.15) is 19.3 Å². The maximum Gasteiger partial charge on any atom is 0.200 e. The van der Waals surface area contributed by atoms with Crippen molar-refractivity contribution in [3.8, 4) is 5.75 Å². The molecule has 17 heavy (non-hydrogen) atoms. The lowest BCUT2D eigenvalue weighted by atomic mass is 9.82. The molecule has 0 atom stereocenters. The monoisotopic (exact) mass is 241 g/mol. The Labute approximate surface area is 97.7 Å². The molecule has 0 radical (unpaired) electrons. The van der Waals surface area contributed by atoms with Crippen LogP contribution < -0.4 is 4.74 Å². The van der Waals surface area contributed by atoms with Crippen molar-refractivity contribution in [1.29, 1.82) is 0 Å². The summed E-state index contributed by atoms with van der Waals surface area (Å²) in [5.41, 5.74) is 0.486. The number of oxime groups is 1. The molecule has 1 aliphatic carbocycles. The normalized spacial score (nSPS) is 16.7. The van der Waals surface area contributed by atoms with Crippen molar-refractivity contribution in [2.45, 2.75) is 19.3 Å². The number of ether oxygens (including phenoxy) is 1. The first-order valence-corrected chi connectivity index (χ1v) is 5.50. The van der Waals surface area contributed by atoms with E-state index in [2.05, 4.69) is 5.16 Å². The lowest BCUT2D eigenvalue weighted by Crippen LogP contribution is -2.27. The fraction of sp³-hybridized carbons (Fsp3) is 0.417. The van der Waals surface area contributed by atoms with E-state index >= 15 is 0 Å². The van der Waals surface area contributed by atoms with Gasteiger partial charge in [0.1, 0.15) is 6.61 Å². The van der Waals surface area contributed by atoms with E-state index in [0.29, 0.717) is 5.71 Å². The molecule has 0 saturated heterocycles. The molecule has 92 valence electrons. The predicted octanol–water partition coefficient (Wildman–Crippen LogP) is 2.97. The van der Waals surface area contributed by atoms with E-state index in [4.69, 9.17) is 9.94 Å². The first-order valence-electron chi connectivity index (χ1n) is 5.50. The van der Waals surface area contributed by atoms with Crippen LogP contribution in [0.15, 0.2) is 23.4 Å². The molecule has 0 aromatic heterocycles. The van der Waals surface area contributed by atoms with Gasteiger partial charge in [-0.25, -0.2) is 4.39 Å². The van der Waals surface area contributed by atoms with Crippen LogP contribution in [0.4, 0.5) is 8.78 Å². The number of rotatable bonds is 4. The smallest absolute Gasteiger partial charge is 0.200 e. The van der Waals surface area contributed by atoms with Crippen molar-refractivity contribution < 1.29 is 18.7 Å². The molecule has 0 bridgehead atoms. The number of hydrogen-bond donors (Lipinski definition) is 1. The largest absolute Gasteiger partial charge is 0.484 e. The third-order valence-corrected chi connectivity index (χ3v) is 3.00. The molecule has 1 aromatic rings. The standard InChI is InChI=1S/C12H13F2NO2/c13-9-5-2-6-11(12(9)14)17-7-10(15-16)8-3-1-4-8/h2,5-6,8,16H,1,3-4,7H2/b15-10+. The van der Waals surface area contributed by atoms with Crippen LogP contribution in [-0.2, 0) is 0 Å². The van der Waals surface area contributed by atoms with Crippen LogP contribution in [0, 0.1) is 17.6 Å². The van der Waals surface area contributed by atoms with Crippen LogP contribution in [0.25, 0.3) is 0 Å². The zero-order chi connectivity index (χ0) is 12.3. The second kappa shape index (κ2) is 5.12. The molecule has 0 amide bonds. The summed E-state index contributed by atoms with van der Waals surface area (Å²) < 4.78 is 31.3. The molecule has 1 saturated carbocycles. The van der Waals surface area contributed by atoms with Crippen LogP contribution >= 0.6 is 0 Å². The highest BCUT2D eigenvalue weighted by atomic mass is 19.2. The van der Waals surface area contributed by atoms with Gasteiger partial charge < -0.3 is 9.94 Å². The Balaban J connectivity index is 1.99. The fourth-order valence-corrected chi connectivity index (χ4v) is 1.72. The third kappa shape index (κ3) is 2.54. The molecule has 5 heteroatoms. The van der Waals surface area contributed by atoms with E-state index in [-0.39, 0.29) is 18.3 Å². The van der Waals surface area contributed by atoms with E-state index < -0.39 is 11.6 Å². The summed E-state index contributed by atoms with van der Waals surface area (Å²) in [6, 6.07) is 3.73. The van der Waals surface area contributed by atoms with Gasteiger partial charge in [-0.1, -0.05) is 17.6 Å².